The molecule has 10 nitrogen and oxygen atoms in total. The van der Waals surface area contributed by atoms with Crippen molar-refractivity contribution in [3.63, 3.8) is 0 Å². The van der Waals surface area contributed by atoms with Crippen LogP contribution in [-0.4, -0.2) is 69.3 Å². The third-order valence-electron chi connectivity index (χ3n) is 5.82. The van der Waals surface area contributed by atoms with E-state index in [4.69, 9.17) is 13.8 Å². The van der Waals surface area contributed by atoms with Crippen molar-refractivity contribution in [3.05, 3.63) is 41.9 Å². The third-order valence-corrected chi connectivity index (χ3v) is 5.82. The van der Waals surface area contributed by atoms with E-state index >= 15 is 0 Å². The van der Waals surface area contributed by atoms with Crippen LogP contribution in [0.15, 0.2) is 33.3 Å². The van der Waals surface area contributed by atoms with E-state index in [9.17, 15) is 4.79 Å². The fraction of sp³-hybridized carbons (Fsp3) is 0.542. The monoisotopic (exact) mass is 468 g/mol. The lowest BCUT2D eigenvalue weighted by Gasteiger charge is -2.34. The zero-order valence-electron chi connectivity index (χ0n) is 20.3. The SMILES string of the molecule is COc1ccc(-c2noc(CN3CCN(C(=O)CCCc4nc(C(C)(C)C)no4)CC3)n2)cc1. The fourth-order valence-corrected chi connectivity index (χ4v) is 3.73. The number of aromatic nitrogens is 4. The van der Waals surface area contributed by atoms with Crippen molar-refractivity contribution in [1.82, 2.24) is 30.1 Å². The first-order valence-electron chi connectivity index (χ1n) is 11.6. The maximum absolute atomic E-state index is 12.6. The molecule has 0 bridgehead atoms. The smallest absolute Gasteiger partial charge is 0.241 e. The second-order valence-corrected chi connectivity index (χ2v) is 9.51. The first-order valence-corrected chi connectivity index (χ1v) is 11.6. The molecule has 0 N–H and O–H groups in total. The van der Waals surface area contributed by atoms with Crippen LogP contribution < -0.4 is 4.74 Å². The van der Waals surface area contributed by atoms with Crippen molar-refractivity contribution in [2.75, 3.05) is 33.3 Å². The van der Waals surface area contributed by atoms with Gasteiger partial charge in [0.25, 0.3) is 0 Å². The van der Waals surface area contributed by atoms with Crippen LogP contribution in [-0.2, 0) is 23.2 Å². The lowest BCUT2D eigenvalue weighted by molar-refractivity contribution is -0.133. The van der Waals surface area contributed by atoms with Crippen molar-refractivity contribution in [3.8, 4) is 17.1 Å². The zero-order chi connectivity index (χ0) is 24.1. The maximum atomic E-state index is 12.6. The van der Waals surface area contributed by atoms with Crippen molar-refractivity contribution in [2.45, 2.75) is 52.0 Å². The fourth-order valence-electron chi connectivity index (χ4n) is 3.73. The minimum atomic E-state index is -0.143. The van der Waals surface area contributed by atoms with Gasteiger partial charge in [-0.1, -0.05) is 31.1 Å². The van der Waals surface area contributed by atoms with Crippen molar-refractivity contribution >= 4 is 5.91 Å². The van der Waals surface area contributed by atoms with Crippen LogP contribution in [0.4, 0.5) is 0 Å². The number of carbonyl (C=O) groups excluding carboxylic acids is 1. The molecule has 3 aromatic rings. The van der Waals surface area contributed by atoms with Gasteiger partial charge in [-0.15, -0.1) is 0 Å². The molecule has 1 amide bonds. The van der Waals surface area contributed by atoms with E-state index < -0.39 is 0 Å². The third kappa shape index (κ3) is 5.99. The summed E-state index contributed by atoms with van der Waals surface area (Å²) in [5.74, 6) is 3.36. The molecule has 0 radical (unpaired) electrons. The molecule has 1 saturated heterocycles. The van der Waals surface area contributed by atoms with Gasteiger partial charge in [0.1, 0.15) is 5.75 Å². The molecule has 0 atom stereocenters. The van der Waals surface area contributed by atoms with Gasteiger partial charge in [-0.3, -0.25) is 9.69 Å². The minimum absolute atomic E-state index is 0.143. The number of nitrogens with zero attached hydrogens (tertiary/aromatic N) is 6. The molecule has 34 heavy (non-hydrogen) atoms. The Morgan fingerprint density at radius 1 is 1.00 bits per heavy atom. The number of hydrogen-bond donors (Lipinski definition) is 0. The topological polar surface area (TPSA) is 111 Å². The van der Waals surface area contributed by atoms with Crippen molar-refractivity contribution in [1.29, 1.82) is 0 Å². The number of methoxy groups -OCH3 is 1. The molecule has 0 saturated carbocycles. The second-order valence-electron chi connectivity index (χ2n) is 9.51. The molecule has 3 heterocycles. The van der Waals surface area contributed by atoms with Crippen LogP contribution in [0.1, 0.15) is 51.2 Å². The summed E-state index contributed by atoms with van der Waals surface area (Å²) < 4.78 is 15.9. The van der Waals surface area contributed by atoms with Gasteiger partial charge in [-0.05, 0) is 30.7 Å². The van der Waals surface area contributed by atoms with Crippen LogP contribution in [0, 0.1) is 0 Å². The standard InChI is InChI=1S/C24H32N6O4/c1-24(2,3)23-26-19(33-28-23)6-5-7-21(31)30-14-12-29(13-15-30)16-20-25-22(27-34-20)17-8-10-18(32-4)11-9-17/h8-11H,5-7,12-16H2,1-4H3. The number of carbonyl (C=O) groups is 1. The molecule has 4 rings (SSSR count). The van der Waals surface area contributed by atoms with E-state index in [1.165, 1.54) is 0 Å². The molecular weight excluding hydrogens is 436 g/mol. The van der Waals surface area contributed by atoms with Gasteiger partial charge in [0.05, 0.1) is 13.7 Å². The summed E-state index contributed by atoms with van der Waals surface area (Å²) in [6.45, 7) is 9.61. The Morgan fingerprint density at radius 3 is 2.35 bits per heavy atom. The Balaban J connectivity index is 1.19. The van der Waals surface area contributed by atoms with Crippen LogP contribution in [0.2, 0.25) is 0 Å². The van der Waals surface area contributed by atoms with E-state index in [0.29, 0.717) is 62.3 Å². The molecule has 0 aliphatic carbocycles. The van der Waals surface area contributed by atoms with Crippen LogP contribution in [0.5, 0.6) is 5.75 Å². The molecule has 1 aliphatic rings. The first-order chi connectivity index (χ1) is 16.3. The van der Waals surface area contributed by atoms with Gasteiger partial charge in [-0.25, -0.2) is 0 Å². The van der Waals surface area contributed by atoms with Crippen LogP contribution in [0.25, 0.3) is 11.4 Å². The lowest BCUT2D eigenvalue weighted by Crippen LogP contribution is -2.48. The van der Waals surface area contributed by atoms with E-state index in [2.05, 4.69) is 25.2 Å². The maximum Gasteiger partial charge on any atom is 0.241 e. The number of amides is 1. The highest BCUT2D eigenvalue weighted by Crippen LogP contribution is 2.21. The molecular formula is C24H32N6O4. The summed E-state index contributed by atoms with van der Waals surface area (Å²) in [6, 6.07) is 7.54. The summed E-state index contributed by atoms with van der Waals surface area (Å²) in [7, 11) is 1.63. The normalized spacial score (nSPS) is 15.0. The summed E-state index contributed by atoms with van der Waals surface area (Å²) in [5, 5.41) is 8.12. The summed E-state index contributed by atoms with van der Waals surface area (Å²) in [5.41, 5.74) is 0.733. The number of rotatable bonds is 8. The molecule has 0 spiro atoms. The van der Waals surface area contributed by atoms with Gasteiger partial charge in [0, 0.05) is 50.0 Å². The van der Waals surface area contributed by atoms with Gasteiger partial charge in [-0.2, -0.15) is 9.97 Å². The van der Waals surface area contributed by atoms with E-state index in [-0.39, 0.29) is 11.3 Å². The highest BCUT2D eigenvalue weighted by atomic mass is 16.5. The van der Waals surface area contributed by atoms with Crippen molar-refractivity contribution in [2.24, 2.45) is 0 Å². The van der Waals surface area contributed by atoms with Gasteiger partial charge < -0.3 is 18.7 Å². The molecule has 2 aromatic heterocycles. The van der Waals surface area contributed by atoms with Gasteiger partial charge in [0.15, 0.2) is 5.82 Å². The molecule has 1 fully saturated rings. The van der Waals surface area contributed by atoms with E-state index in [0.717, 1.165) is 24.4 Å². The Hall–Kier alpha value is -3.27. The van der Waals surface area contributed by atoms with Gasteiger partial charge in [0.2, 0.25) is 23.5 Å². The number of hydrogen-bond acceptors (Lipinski definition) is 9. The molecule has 182 valence electrons. The number of piperazine rings is 1. The Labute approximate surface area is 199 Å². The predicted molar refractivity (Wildman–Crippen MR) is 124 cm³/mol. The van der Waals surface area contributed by atoms with E-state index in [1.54, 1.807) is 7.11 Å². The Bertz CT molecular complexity index is 1080. The minimum Gasteiger partial charge on any atom is -0.497 e. The molecule has 10 heteroatoms. The van der Waals surface area contributed by atoms with Gasteiger partial charge >= 0.3 is 0 Å². The largest absolute Gasteiger partial charge is 0.497 e. The quantitative estimate of drug-likeness (QED) is 0.492. The lowest BCUT2D eigenvalue weighted by atomic mass is 9.96. The van der Waals surface area contributed by atoms with Crippen LogP contribution in [0.3, 0.4) is 0 Å². The molecule has 1 aromatic carbocycles. The zero-order valence-corrected chi connectivity index (χ0v) is 20.3. The average molecular weight is 469 g/mol. The Kier molecular flexibility index (Phi) is 7.26. The number of benzene rings is 1. The summed E-state index contributed by atoms with van der Waals surface area (Å²) in [6.07, 6.45) is 1.78. The highest BCUT2D eigenvalue weighted by Gasteiger charge is 2.24. The average Bonchev–Trinajstić information content (AvgIpc) is 3.49. The predicted octanol–water partition coefficient (Wildman–Crippen LogP) is 3.09. The molecule has 1 aliphatic heterocycles. The number of aryl methyl sites for hydroxylation is 1. The molecule has 0 unspecified atom stereocenters. The number of ether oxygens (including phenoxy) is 1. The van der Waals surface area contributed by atoms with Crippen LogP contribution >= 0.6 is 0 Å². The first kappa shape index (κ1) is 23.9. The Morgan fingerprint density at radius 2 is 1.71 bits per heavy atom. The second kappa shape index (κ2) is 10.3. The van der Waals surface area contributed by atoms with Crippen molar-refractivity contribution < 1.29 is 18.6 Å². The highest BCUT2D eigenvalue weighted by molar-refractivity contribution is 5.76. The van der Waals surface area contributed by atoms with E-state index in [1.807, 2.05) is 49.9 Å². The summed E-state index contributed by atoms with van der Waals surface area (Å²) in [4.78, 5) is 25.7. The summed E-state index contributed by atoms with van der Waals surface area (Å²) >= 11 is 0.